The number of aryl methyl sites for hydroxylation is 1. The summed E-state index contributed by atoms with van der Waals surface area (Å²) in [4.78, 5) is 15.8. The molecular weight excluding hydrogens is 240 g/mol. The lowest BCUT2D eigenvalue weighted by Gasteiger charge is -2.12. The van der Waals surface area contributed by atoms with Crippen LogP contribution < -0.4 is 5.32 Å². The number of carbonyl (C=O) groups is 1. The number of aromatic amines is 1. The summed E-state index contributed by atoms with van der Waals surface area (Å²) in [7, 11) is 0. The van der Waals surface area contributed by atoms with E-state index in [9.17, 15) is 4.79 Å². The van der Waals surface area contributed by atoms with E-state index >= 15 is 0 Å². The Balaban J connectivity index is 1.82. The summed E-state index contributed by atoms with van der Waals surface area (Å²) < 4.78 is 0. The quantitative estimate of drug-likeness (QED) is 0.851. The molecule has 5 nitrogen and oxygen atoms in total. The summed E-state index contributed by atoms with van der Waals surface area (Å²) in [5.74, 6) is 0.00718. The molecule has 19 heavy (non-hydrogen) atoms. The average Bonchev–Trinajstić information content (AvgIpc) is 2.75. The van der Waals surface area contributed by atoms with E-state index in [-0.39, 0.29) is 11.9 Å². The highest BCUT2D eigenvalue weighted by molar-refractivity contribution is 5.78. The topological polar surface area (TPSA) is 70.7 Å². The van der Waals surface area contributed by atoms with E-state index in [0.29, 0.717) is 6.42 Å². The van der Waals surface area contributed by atoms with Crippen LogP contribution in [0.15, 0.2) is 30.6 Å². The molecule has 0 fully saturated rings. The largest absolute Gasteiger partial charge is 0.353 e. The number of pyridine rings is 1. The summed E-state index contributed by atoms with van der Waals surface area (Å²) in [5, 5.41) is 10.0. The molecule has 5 heteroatoms. The van der Waals surface area contributed by atoms with Crippen molar-refractivity contribution in [2.24, 2.45) is 0 Å². The minimum atomic E-state index is 0.00718. The van der Waals surface area contributed by atoms with Crippen LogP contribution in [0.25, 0.3) is 0 Å². The molecule has 0 spiro atoms. The first-order chi connectivity index (χ1) is 9.13. The lowest BCUT2D eigenvalue weighted by Crippen LogP contribution is -2.35. The zero-order valence-electron chi connectivity index (χ0n) is 11.2. The molecule has 0 saturated carbocycles. The Labute approximate surface area is 112 Å². The van der Waals surface area contributed by atoms with Crippen molar-refractivity contribution in [3.8, 4) is 0 Å². The molecule has 2 N–H and O–H groups in total. The van der Waals surface area contributed by atoms with Gasteiger partial charge < -0.3 is 5.32 Å². The van der Waals surface area contributed by atoms with E-state index in [1.807, 2.05) is 32.0 Å². The summed E-state index contributed by atoms with van der Waals surface area (Å²) >= 11 is 0. The number of hydrogen-bond donors (Lipinski definition) is 2. The minimum absolute atomic E-state index is 0.00718. The first-order valence-corrected chi connectivity index (χ1v) is 6.32. The molecule has 2 heterocycles. The van der Waals surface area contributed by atoms with Crippen LogP contribution in [0.2, 0.25) is 0 Å². The van der Waals surface area contributed by atoms with E-state index in [1.165, 1.54) is 0 Å². The van der Waals surface area contributed by atoms with Crippen molar-refractivity contribution in [1.29, 1.82) is 0 Å². The summed E-state index contributed by atoms with van der Waals surface area (Å²) in [5.41, 5.74) is 2.92. The number of hydrogen-bond acceptors (Lipinski definition) is 3. The van der Waals surface area contributed by atoms with Crippen LogP contribution in [0.1, 0.15) is 23.9 Å². The molecular formula is C14H18N4O. The van der Waals surface area contributed by atoms with Crippen LogP contribution in [0.5, 0.6) is 0 Å². The molecule has 2 aromatic heterocycles. The third-order valence-electron chi connectivity index (χ3n) is 2.77. The second-order valence-corrected chi connectivity index (χ2v) is 4.75. The molecule has 1 atom stereocenters. The number of H-pyrrole nitrogens is 1. The first-order valence-electron chi connectivity index (χ1n) is 6.32. The van der Waals surface area contributed by atoms with E-state index in [0.717, 1.165) is 23.4 Å². The molecule has 1 amide bonds. The van der Waals surface area contributed by atoms with Crippen molar-refractivity contribution in [1.82, 2.24) is 20.5 Å². The third-order valence-corrected chi connectivity index (χ3v) is 2.77. The maximum atomic E-state index is 11.9. The predicted molar refractivity (Wildman–Crippen MR) is 72.6 cm³/mol. The molecule has 0 aliphatic carbocycles. The van der Waals surface area contributed by atoms with Gasteiger partial charge in [0.1, 0.15) is 0 Å². The van der Waals surface area contributed by atoms with Gasteiger partial charge in [0.05, 0.1) is 12.1 Å². The Kier molecular flexibility index (Phi) is 4.28. The Morgan fingerprint density at radius 3 is 3.00 bits per heavy atom. The van der Waals surface area contributed by atoms with Gasteiger partial charge in [-0.05, 0) is 31.5 Å². The van der Waals surface area contributed by atoms with Crippen molar-refractivity contribution in [2.45, 2.75) is 32.7 Å². The van der Waals surface area contributed by atoms with Crippen LogP contribution >= 0.6 is 0 Å². The van der Waals surface area contributed by atoms with Gasteiger partial charge in [-0.1, -0.05) is 6.07 Å². The van der Waals surface area contributed by atoms with Gasteiger partial charge in [-0.2, -0.15) is 5.10 Å². The van der Waals surface area contributed by atoms with Gasteiger partial charge in [-0.25, -0.2) is 0 Å². The lowest BCUT2D eigenvalue weighted by molar-refractivity contribution is -0.121. The number of nitrogens with one attached hydrogen (secondary N) is 2. The summed E-state index contributed by atoms with van der Waals surface area (Å²) in [6.45, 7) is 3.94. The van der Waals surface area contributed by atoms with Crippen molar-refractivity contribution in [3.63, 3.8) is 0 Å². The zero-order valence-corrected chi connectivity index (χ0v) is 11.2. The van der Waals surface area contributed by atoms with Gasteiger partial charge in [0.15, 0.2) is 0 Å². The van der Waals surface area contributed by atoms with Gasteiger partial charge in [0.25, 0.3) is 0 Å². The number of amides is 1. The number of nitrogens with zero attached hydrogens (tertiary/aromatic N) is 2. The van der Waals surface area contributed by atoms with E-state index in [2.05, 4.69) is 20.5 Å². The van der Waals surface area contributed by atoms with Gasteiger partial charge in [-0.3, -0.25) is 14.9 Å². The second kappa shape index (κ2) is 6.13. The predicted octanol–water partition coefficient (Wildman–Crippen LogP) is 1.40. The fourth-order valence-corrected chi connectivity index (χ4v) is 1.96. The number of rotatable bonds is 5. The smallest absolute Gasteiger partial charge is 0.224 e. The van der Waals surface area contributed by atoms with Crippen LogP contribution in [0.3, 0.4) is 0 Å². The highest BCUT2D eigenvalue weighted by atomic mass is 16.1. The standard InChI is InChI=1S/C14H18N4O/c1-10(6-13-7-11(2)17-18-13)16-14(19)8-12-4-3-5-15-9-12/h3-5,7,9-10H,6,8H2,1-2H3,(H,16,19)(H,17,18)/t10-/m0/s1. The molecule has 0 aliphatic rings. The van der Waals surface area contributed by atoms with Crippen LogP contribution in [-0.2, 0) is 17.6 Å². The molecule has 100 valence electrons. The molecule has 0 unspecified atom stereocenters. The lowest BCUT2D eigenvalue weighted by atomic mass is 10.1. The van der Waals surface area contributed by atoms with Crippen molar-refractivity contribution >= 4 is 5.91 Å². The average molecular weight is 258 g/mol. The van der Waals surface area contributed by atoms with E-state index in [4.69, 9.17) is 0 Å². The van der Waals surface area contributed by atoms with Gasteiger partial charge >= 0.3 is 0 Å². The zero-order chi connectivity index (χ0) is 13.7. The first kappa shape index (κ1) is 13.3. The molecule has 2 aromatic rings. The summed E-state index contributed by atoms with van der Waals surface area (Å²) in [6, 6.07) is 5.78. The normalized spacial score (nSPS) is 12.1. The Morgan fingerprint density at radius 1 is 1.53 bits per heavy atom. The minimum Gasteiger partial charge on any atom is -0.353 e. The fraction of sp³-hybridized carbons (Fsp3) is 0.357. The molecule has 0 bridgehead atoms. The van der Waals surface area contributed by atoms with Crippen molar-refractivity contribution < 1.29 is 4.79 Å². The third kappa shape index (κ3) is 4.21. The maximum absolute atomic E-state index is 11.9. The molecule has 0 aliphatic heterocycles. The van der Waals surface area contributed by atoms with Gasteiger partial charge in [0.2, 0.25) is 5.91 Å². The van der Waals surface area contributed by atoms with Crippen molar-refractivity contribution in [3.05, 3.63) is 47.5 Å². The highest BCUT2D eigenvalue weighted by Gasteiger charge is 2.10. The van der Waals surface area contributed by atoms with Gasteiger partial charge in [-0.15, -0.1) is 0 Å². The number of aromatic nitrogens is 3. The molecule has 2 rings (SSSR count). The fourth-order valence-electron chi connectivity index (χ4n) is 1.96. The SMILES string of the molecule is Cc1cc(C[C@H](C)NC(=O)Cc2cccnc2)n[nH]1. The molecule has 0 radical (unpaired) electrons. The van der Waals surface area contributed by atoms with Gasteiger partial charge in [0, 0.05) is 30.6 Å². The monoisotopic (exact) mass is 258 g/mol. The number of carbonyl (C=O) groups excluding carboxylic acids is 1. The maximum Gasteiger partial charge on any atom is 0.224 e. The Hall–Kier alpha value is -2.17. The van der Waals surface area contributed by atoms with E-state index in [1.54, 1.807) is 12.4 Å². The highest BCUT2D eigenvalue weighted by Crippen LogP contribution is 2.03. The second-order valence-electron chi connectivity index (χ2n) is 4.75. The van der Waals surface area contributed by atoms with Crippen LogP contribution in [-0.4, -0.2) is 27.1 Å². The van der Waals surface area contributed by atoms with Crippen LogP contribution in [0, 0.1) is 6.92 Å². The molecule has 0 aromatic carbocycles. The van der Waals surface area contributed by atoms with E-state index < -0.39 is 0 Å². The Morgan fingerprint density at radius 2 is 2.37 bits per heavy atom. The van der Waals surface area contributed by atoms with Crippen molar-refractivity contribution in [2.75, 3.05) is 0 Å². The van der Waals surface area contributed by atoms with Crippen LogP contribution in [0.4, 0.5) is 0 Å². The summed E-state index contributed by atoms with van der Waals surface area (Å²) in [6.07, 6.45) is 4.49. The molecule has 0 saturated heterocycles. The Bertz CT molecular complexity index is 535.